The van der Waals surface area contributed by atoms with Gasteiger partial charge >= 0.3 is 5.97 Å². The molecule has 1 aliphatic heterocycles. The van der Waals surface area contributed by atoms with E-state index in [-0.39, 0.29) is 18.5 Å². The van der Waals surface area contributed by atoms with Gasteiger partial charge in [-0.3, -0.25) is 9.59 Å². The molecule has 1 heterocycles. The minimum Gasteiger partial charge on any atom is -0.466 e. The van der Waals surface area contributed by atoms with Crippen LogP contribution in [-0.4, -0.2) is 100 Å². The Morgan fingerprint density at radius 1 is 0.545 bits per heavy atom. The lowest BCUT2D eigenvalue weighted by atomic mass is 9.99. The van der Waals surface area contributed by atoms with E-state index in [1.54, 1.807) is 6.08 Å². The van der Waals surface area contributed by atoms with Crippen LogP contribution in [0.15, 0.2) is 36.5 Å². The Morgan fingerprint density at radius 2 is 0.970 bits per heavy atom. The maximum absolute atomic E-state index is 13.0. The van der Waals surface area contributed by atoms with E-state index in [1.807, 2.05) is 6.08 Å². The van der Waals surface area contributed by atoms with Crippen molar-refractivity contribution in [3.05, 3.63) is 36.5 Å². The van der Waals surface area contributed by atoms with Crippen molar-refractivity contribution in [1.29, 1.82) is 0 Å². The van der Waals surface area contributed by atoms with Crippen LogP contribution in [0.4, 0.5) is 0 Å². The molecule has 66 heavy (non-hydrogen) atoms. The topological polar surface area (TPSA) is 175 Å². The van der Waals surface area contributed by atoms with Crippen LogP contribution in [0.2, 0.25) is 0 Å². The average molecular weight is 936 g/mol. The van der Waals surface area contributed by atoms with E-state index in [0.717, 1.165) is 83.5 Å². The van der Waals surface area contributed by atoms with E-state index in [0.29, 0.717) is 25.9 Å². The molecule has 0 radical (unpaired) electrons. The van der Waals surface area contributed by atoms with E-state index >= 15 is 0 Å². The number of esters is 1. The van der Waals surface area contributed by atoms with Crippen molar-refractivity contribution in [2.75, 3.05) is 19.8 Å². The lowest BCUT2D eigenvalue weighted by molar-refractivity contribution is -0.302. The molecule has 1 fully saturated rings. The molecule has 0 aliphatic carbocycles. The molecular formula is C55H101NO10. The van der Waals surface area contributed by atoms with Gasteiger partial charge in [0, 0.05) is 12.8 Å². The Labute approximate surface area is 403 Å². The van der Waals surface area contributed by atoms with Gasteiger partial charge in [0.25, 0.3) is 0 Å². The summed E-state index contributed by atoms with van der Waals surface area (Å²) in [4.78, 5) is 25.1. The van der Waals surface area contributed by atoms with E-state index in [2.05, 4.69) is 43.5 Å². The van der Waals surface area contributed by atoms with Crippen molar-refractivity contribution < 1.29 is 49.3 Å². The monoisotopic (exact) mass is 936 g/mol. The summed E-state index contributed by atoms with van der Waals surface area (Å²) in [6.45, 7) is 4.19. The summed E-state index contributed by atoms with van der Waals surface area (Å²) in [7, 11) is 0. The molecule has 0 bridgehead atoms. The molecule has 1 saturated heterocycles. The fourth-order valence-electron chi connectivity index (χ4n) is 8.30. The lowest BCUT2D eigenvalue weighted by Crippen LogP contribution is -2.60. The minimum absolute atomic E-state index is 0.0609. The minimum atomic E-state index is -1.58. The van der Waals surface area contributed by atoms with Crippen LogP contribution in [0.5, 0.6) is 0 Å². The molecule has 7 unspecified atom stereocenters. The summed E-state index contributed by atoms with van der Waals surface area (Å²) in [5.74, 6) is -0.275. The first-order valence-corrected chi connectivity index (χ1v) is 27.3. The van der Waals surface area contributed by atoms with Crippen LogP contribution < -0.4 is 5.32 Å². The third kappa shape index (κ3) is 35.1. The molecule has 0 aromatic rings. The summed E-state index contributed by atoms with van der Waals surface area (Å²) in [5.41, 5.74) is 0. The zero-order valence-electron chi connectivity index (χ0n) is 42.2. The van der Waals surface area contributed by atoms with Gasteiger partial charge in [-0.2, -0.15) is 0 Å². The van der Waals surface area contributed by atoms with Gasteiger partial charge in [-0.1, -0.05) is 179 Å². The van der Waals surface area contributed by atoms with Gasteiger partial charge < -0.3 is 45.1 Å². The van der Waals surface area contributed by atoms with Gasteiger partial charge in [-0.25, -0.2) is 0 Å². The van der Waals surface area contributed by atoms with E-state index in [1.165, 1.54) is 122 Å². The normalized spacial score (nSPS) is 19.9. The Kier molecular flexibility index (Phi) is 42.5. The quantitative estimate of drug-likeness (QED) is 0.0196. The molecule has 0 aromatic carbocycles. The molecule has 11 heteroatoms. The van der Waals surface area contributed by atoms with Gasteiger partial charge in [-0.15, -0.1) is 0 Å². The second-order valence-electron chi connectivity index (χ2n) is 18.9. The fraction of sp³-hybridized carbons (Fsp3) is 0.855. The Bertz CT molecular complexity index is 1190. The molecule has 6 N–H and O–H groups in total. The number of amides is 1. The first kappa shape index (κ1) is 61.9. The van der Waals surface area contributed by atoms with Gasteiger partial charge in [0.05, 0.1) is 32.0 Å². The number of carbonyl (C=O) groups excluding carboxylic acids is 2. The van der Waals surface area contributed by atoms with Crippen molar-refractivity contribution >= 4 is 11.9 Å². The standard InChI is InChI=1S/C55H101NO10/c1-3-5-7-9-11-13-14-15-16-17-18-19-20-23-27-31-35-39-43-51(60)64-44-40-36-32-28-24-21-22-26-30-34-38-42-50(59)56-47(48(58)41-37-33-29-25-12-10-8-6-4-2)46-65-55-54(63)53(62)52(61)49(45-57)66-55/h16-17,24,28,37,41,47-49,52-55,57-58,61-63H,3-15,18-23,25-27,29-36,38-40,42-46H2,1-2H3,(H,56,59)/b17-16-,28-24-,41-37+. The van der Waals surface area contributed by atoms with Crippen molar-refractivity contribution in [3.8, 4) is 0 Å². The third-order valence-electron chi connectivity index (χ3n) is 12.7. The molecule has 0 spiro atoms. The highest BCUT2D eigenvalue weighted by molar-refractivity contribution is 5.76. The summed E-state index contributed by atoms with van der Waals surface area (Å²) in [6, 6.07) is -0.830. The molecule has 1 aliphatic rings. The molecule has 7 atom stereocenters. The number of nitrogens with one attached hydrogen (secondary N) is 1. The highest BCUT2D eigenvalue weighted by atomic mass is 16.7. The third-order valence-corrected chi connectivity index (χ3v) is 12.7. The predicted octanol–water partition coefficient (Wildman–Crippen LogP) is 11.6. The Morgan fingerprint density at radius 3 is 1.45 bits per heavy atom. The van der Waals surface area contributed by atoms with Crippen LogP contribution in [0, 0.1) is 0 Å². The lowest BCUT2D eigenvalue weighted by Gasteiger charge is -2.40. The Hall–Kier alpha value is -2.12. The van der Waals surface area contributed by atoms with Gasteiger partial charge in [-0.05, 0) is 83.5 Å². The number of aliphatic hydroxyl groups is 5. The molecule has 0 aromatic heterocycles. The molecule has 11 nitrogen and oxygen atoms in total. The molecular weight excluding hydrogens is 835 g/mol. The van der Waals surface area contributed by atoms with Crippen LogP contribution in [0.3, 0.4) is 0 Å². The molecule has 386 valence electrons. The number of ether oxygens (including phenoxy) is 3. The van der Waals surface area contributed by atoms with Crippen LogP contribution in [0.1, 0.15) is 239 Å². The summed E-state index contributed by atoms with van der Waals surface area (Å²) >= 11 is 0. The zero-order chi connectivity index (χ0) is 48.1. The van der Waals surface area contributed by atoms with E-state index in [9.17, 15) is 35.1 Å². The maximum Gasteiger partial charge on any atom is 0.305 e. The van der Waals surface area contributed by atoms with Crippen LogP contribution in [0.25, 0.3) is 0 Å². The number of rotatable bonds is 46. The first-order valence-electron chi connectivity index (χ1n) is 27.3. The molecule has 0 saturated carbocycles. The SMILES string of the molecule is CCCCCCCCC/C=C\CCCCCCCCCC(=O)OCCCC/C=C\CCCCCCCC(=O)NC(COC1OC(CO)C(O)C(O)C1O)C(O)/C=C/CCCCCCCCC. The number of carbonyl (C=O) groups is 2. The smallest absolute Gasteiger partial charge is 0.305 e. The van der Waals surface area contributed by atoms with Gasteiger partial charge in [0.2, 0.25) is 5.91 Å². The van der Waals surface area contributed by atoms with Crippen LogP contribution in [-0.2, 0) is 23.8 Å². The fourth-order valence-corrected chi connectivity index (χ4v) is 8.30. The van der Waals surface area contributed by atoms with Gasteiger partial charge in [0.1, 0.15) is 24.4 Å². The number of allylic oxidation sites excluding steroid dienone is 5. The summed E-state index contributed by atoms with van der Waals surface area (Å²) < 4.78 is 16.6. The number of hydrogen-bond donors (Lipinski definition) is 6. The van der Waals surface area contributed by atoms with Crippen LogP contribution >= 0.6 is 0 Å². The molecule has 1 amide bonds. The van der Waals surface area contributed by atoms with E-state index < -0.39 is 49.5 Å². The second-order valence-corrected chi connectivity index (χ2v) is 18.9. The maximum atomic E-state index is 13.0. The summed E-state index contributed by atoms with van der Waals surface area (Å²) in [5, 5.41) is 54.1. The van der Waals surface area contributed by atoms with Gasteiger partial charge in [0.15, 0.2) is 6.29 Å². The first-order chi connectivity index (χ1) is 32.2. The van der Waals surface area contributed by atoms with Crippen molar-refractivity contribution in [2.24, 2.45) is 0 Å². The second kappa shape index (κ2) is 45.3. The zero-order valence-corrected chi connectivity index (χ0v) is 42.2. The highest BCUT2D eigenvalue weighted by Gasteiger charge is 2.44. The van der Waals surface area contributed by atoms with E-state index in [4.69, 9.17) is 14.2 Å². The van der Waals surface area contributed by atoms with Crippen molar-refractivity contribution in [2.45, 2.75) is 281 Å². The highest BCUT2D eigenvalue weighted by Crippen LogP contribution is 2.23. The largest absolute Gasteiger partial charge is 0.466 e. The Balaban J connectivity index is 2.12. The van der Waals surface area contributed by atoms with Crippen molar-refractivity contribution in [1.82, 2.24) is 5.32 Å². The average Bonchev–Trinajstić information content (AvgIpc) is 3.31. The number of hydrogen-bond acceptors (Lipinski definition) is 10. The summed E-state index contributed by atoms with van der Waals surface area (Å²) in [6.07, 6.45) is 43.8. The number of aliphatic hydroxyl groups excluding tert-OH is 5. The number of unbranched alkanes of at least 4 members (excludes halogenated alkanes) is 28. The molecule has 1 rings (SSSR count). The van der Waals surface area contributed by atoms with Crippen molar-refractivity contribution in [3.63, 3.8) is 0 Å². The predicted molar refractivity (Wildman–Crippen MR) is 269 cm³/mol.